The number of pyridine rings is 1. The second kappa shape index (κ2) is 7.88. The van der Waals surface area contributed by atoms with Crippen LogP contribution in [0, 0.1) is 0 Å². The summed E-state index contributed by atoms with van der Waals surface area (Å²) in [5, 5.41) is 7.11. The van der Waals surface area contributed by atoms with E-state index in [1.54, 1.807) is 23.2 Å². The van der Waals surface area contributed by atoms with E-state index in [0.717, 1.165) is 30.0 Å². The third-order valence-electron chi connectivity index (χ3n) is 5.81. The molecule has 0 saturated carbocycles. The molecule has 0 unspecified atom stereocenters. The molecule has 8 nitrogen and oxygen atoms in total. The van der Waals surface area contributed by atoms with Gasteiger partial charge in [-0.25, -0.2) is 14.3 Å². The average Bonchev–Trinajstić information content (AvgIpc) is 3.36. The molecule has 3 aromatic heterocycles. The number of aromatic nitrogens is 5. The quantitative estimate of drug-likeness (QED) is 0.452. The van der Waals surface area contributed by atoms with E-state index in [9.17, 15) is 4.79 Å². The molecule has 8 heteroatoms. The van der Waals surface area contributed by atoms with Gasteiger partial charge in [-0.3, -0.25) is 9.78 Å². The highest BCUT2D eigenvalue weighted by atomic mass is 16.1. The molecule has 4 heterocycles. The minimum atomic E-state index is -0.158. The fourth-order valence-electron chi connectivity index (χ4n) is 4.11. The zero-order chi connectivity index (χ0) is 23.2. The Morgan fingerprint density at radius 3 is 2.85 bits per heavy atom. The fraction of sp³-hybridized carbons (Fsp3) is 0.280. The van der Waals surface area contributed by atoms with Crippen molar-refractivity contribution in [2.75, 3.05) is 17.2 Å². The van der Waals surface area contributed by atoms with E-state index in [4.69, 9.17) is 4.98 Å². The van der Waals surface area contributed by atoms with Crippen molar-refractivity contribution in [3.63, 3.8) is 0 Å². The molecule has 1 aromatic carbocycles. The number of nitrogens with zero attached hydrogens (tertiary/aromatic N) is 5. The highest BCUT2D eigenvalue weighted by Crippen LogP contribution is 2.27. The summed E-state index contributed by atoms with van der Waals surface area (Å²) in [7, 11) is 0. The Balaban J connectivity index is 1.64. The van der Waals surface area contributed by atoms with Gasteiger partial charge < -0.3 is 10.6 Å². The second-order valence-corrected chi connectivity index (χ2v) is 9.24. The van der Waals surface area contributed by atoms with Crippen LogP contribution in [0.1, 0.15) is 32.0 Å². The van der Waals surface area contributed by atoms with E-state index in [2.05, 4.69) is 60.1 Å². The number of hydrogen-bond donors (Lipinski definition) is 2. The minimum Gasteiger partial charge on any atom is -0.384 e. The maximum absolute atomic E-state index is 13.2. The number of benzene rings is 1. The molecule has 2 N–H and O–H groups in total. The van der Waals surface area contributed by atoms with Crippen LogP contribution in [0.15, 0.2) is 60.2 Å². The third kappa shape index (κ3) is 3.77. The predicted octanol–water partition coefficient (Wildman–Crippen LogP) is 4.17. The van der Waals surface area contributed by atoms with Crippen molar-refractivity contribution in [3.05, 3.63) is 77.0 Å². The highest BCUT2D eigenvalue weighted by Gasteiger charge is 2.20. The fourth-order valence-corrected chi connectivity index (χ4v) is 4.11. The van der Waals surface area contributed by atoms with Crippen LogP contribution in [0.5, 0.6) is 0 Å². The molecule has 4 aromatic rings. The largest absolute Gasteiger partial charge is 0.384 e. The van der Waals surface area contributed by atoms with Gasteiger partial charge in [-0.2, -0.15) is 4.98 Å². The molecular formula is C25H27N7O. The molecule has 0 atom stereocenters. The minimum absolute atomic E-state index is 0.132. The Morgan fingerprint density at radius 1 is 1.21 bits per heavy atom. The van der Waals surface area contributed by atoms with Gasteiger partial charge in [-0.15, -0.1) is 6.58 Å². The summed E-state index contributed by atoms with van der Waals surface area (Å²) < 4.78 is 3.45. The van der Waals surface area contributed by atoms with Gasteiger partial charge in [0.25, 0.3) is 5.56 Å². The molecular weight excluding hydrogens is 414 g/mol. The molecule has 0 aliphatic carbocycles. The van der Waals surface area contributed by atoms with E-state index in [0.29, 0.717) is 23.5 Å². The van der Waals surface area contributed by atoms with Crippen molar-refractivity contribution < 1.29 is 0 Å². The lowest BCUT2D eigenvalue weighted by molar-refractivity contribution is 0.563. The first kappa shape index (κ1) is 20.9. The van der Waals surface area contributed by atoms with Gasteiger partial charge in [-0.05, 0) is 42.3 Å². The van der Waals surface area contributed by atoms with Crippen LogP contribution in [0.4, 0.5) is 17.3 Å². The Hall–Kier alpha value is -3.94. The molecule has 0 amide bonds. The molecule has 1 aliphatic rings. The predicted molar refractivity (Wildman–Crippen MR) is 132 cm³/mol. The molecule has 168 valence electrons. The second-order valence-electron chi connectivity index (χ2n) is 9.24. The van der Waals surface area contributed by atoms with E-state index in [1.807, 2.05) is 22.9 Å². The maximum Gasteiger partial charge on any atom is 0.278 e. The molecule has 0 radical (unpaired) electrons. The molecule has 0 bridgehead atoms. The zero-order valence-corrected chi connectivity index (χ0v) is 19.1. The molecule has 0 saturated heterocycles. The number of fused-ring (bicyclic) bond motifs is 2. The maximum atomic E-state index is 13.2. The highest BCUT2D eigenvalue weighted by molar-refractivity contribution is 5.77. The van der Waals surface area contributed by atoms with Crippen LogP contribution in [0.2, 0.25) is 0 Å². The Morgan fingerprint density at radius 2 is 2.06 bits per heavy atom. The van der Waals surface area contributed by atoms with Gasteiger partial charge in [0.2, 0.25) is 5.95 Å². The molecule has 0 fully saturated rings. The summed E-state index contributed by atoms with van der Waals surface area (Å²) in [6.07, 6.45) is 6.05. The number of rotatable bonds is 5. The third-order valence-corrected chi connectivity index (χ3v) is 5.81. The Labute approximate surface area is 192 Å². The number of allylic oxidation sites excluding steroid dienone is 1. The topological polar surface area (TPSA) is 89.7 Å². The van der Waals surface area contributed by atoms with E-state index in [1.165, 1.54) is 11.3 Å². The Kier molecular flexibility index (Phi) is 5.00. The van der Waals surface area contributed by atoms with Gasteiger partial charge in [-0.1, -0.05) is 26.8 Å². The lowest BCUT2D eigenvalue weighted by Gasteiger charge is -2.19. The van der Waals surface area contributed by atoms with Crippen molar-refractivity contribution in [2.45, 2.75) is 39.2 Å². The van der Waals surface area contributed by atoms with Gasteiger partial charge in [0, 0.05) is 41.4 Å². The first-order chi connectivity index (χ1) is 15.8. The van der Waals surface area contributed by atoms with Gasteiger partial charge in [0.15, 0.2) is 5.65 Å². The summed E-state index contributed by atoms with van der Waals surface area (Å²) in [6.45, 7) is 11.5. The van der Waals surface area contributed by atoms with Crippen LogP contribution < -0.4 is 16.2 Å². The van der Waals surface area contributed by atoms with E-state index >= 15 is 0 Å². The van der Waals surface area contributed by atoms with Crippen LogP contribution >= 0.6 is 0 Å². The first-order valence-corrected chi connectivity index (χ1v) is 11.1. The summed E-state index contributed by atoms with van der Waals surface area (Å²) in [5.41, 5.74) is 5.33. The molecule has 0 spiro atoms. The lowest BCUT2D eigenvalue weighted by Crippen LogP contribution is -2.22. The van der Waals surface area contributed by atoms with Crippen molar-refractivity contribution >= 4 is 28.4 Å². The molecule has 1 aliphatic heterocycles. The summed E-state index contributed by atoms with van der Waals surface area (Å²) >= 11 is 0. The van der Waals surface area contributed by atoms with Crippen molar-refractivity contribution in [3.8, 4) is 5.69 Å². The first-order valence-electron chi connectivity index (χ1n) is 11.1. The molecule has 33 heavy (non-hydrogen) atoms. The summed E-state index contributed by atoms with van der Waals surface area (Å²) in [5.74, 6) is 0.433. The van der Waals surface area contributed by atoms with Crippen LogP contribution in [-0.4, -0.2) is 30.9 Å². The number of anilines is 3. The molecule has 5 rings (SSSR count). The van der Waals surface area contributed by atoms with Gasteiger partial charge in [0.05, 0.1) is 12.2 Å². The van der Waals surface area contributed by atoms with Crippen molar-refractivity contribution in [2.24, 2.45) is 0 Å². The van der Waals surface area contributed by atoms with Crippen LogP contribution in [-0.2, 0) is 18.4 Å². The van der Waals surface area contributed by atoms with Crippen LogP contribution in [0.3, 0.4) is 0 Å². The SMILES string of the molecule is C=CCn1c(=O)c2cnc(Nc3ccc4c(c3)CCN4)nc2n1-c1ccnc(C(C)(C)C)c1. The average molecular weight is 442 g/mol. The van der Waals surface area contributed by atoms with E-state index in [-0.39, 0.29) is 11.0 Å². The Bertz CT molecular complexity index is 1430. The standard InChI is InChI=1S/C25H27N7O/c1-5-12-31-23(33)19-15-28-24(29-17-6-7-20-16(13-17)8-10-26-20)30-22(19)32(31)18-9-11-27-21(14-18)25(2,3)4/h5-7,9,11,13-15,26H,1,8,10,12H2,2-4H3,(H,28,29,30). The van der Waals surface area contributed by atoms with Gasteiger partial charge >= 0.3 is 0 Å². The smallest absolute Gasteiger partial charge is 0.278 e. The zero-order valence-electron chi connectivity index (χ0n) is 19.1. The summed E-state index contributed by atoms with van der Waals surface area (Å²) in [6, 6.07) is 10.1. The van der Waals surface area contributed by atoms with Gasteiger partial charge in [0.1, 0.15) is 5.39 Å². The van der Waals surface area contributed by atoms with Crippen LogP contribution in [0.25, 0.3) is 16.7 Å². The summed E-state index contributed by atoms with van der Waals surface area (Å²) in [4.78, 5) is 26.9. The lowest BCUT2D eigenvalue weighted by atomic mass is 9.91. The normalized spacial score (nSPS) is 13.1. The van der Waals surface area contributed by atoms with Crippen molar-refractivity contribution in [1.29, 1.82) is 0 Å². The van der Waals surface area contributed by atoms with Crippen molar-refractivity contribution in [1.82, 2.24) is 24.3 Å². The monoisotopic (exact) mass is 441 g/mol. The number of nitrogens with one attached hydrogen (secondary N) is 2. The number of hydrogen-bond acceptors (Lipinski definition) is 6. The van der Waals surface area contributed by atoms with E-state index < -0.39 is 0 Å².